The maximum atomic E-state index is 12.2. The number of para-hydroxylation sites is 1. The van der Waals surface area contributed by atoms with Crippen molar-refractivity contribution in [2.24, 2.45) is 0 Å². The highest BCUT2D eigenvalue weighted by Gasteiger charge is 2.23. The van der Waals surface area contributed by atoms with E-state index in [1.807, 2.05) is 23.1 Å². The average molecular weight is 356 g/mol. The van der Waals surface area contributed by atoms with Gasteiger partial charge in [-0.2, -0.15) is 0 Å². The molecule has 0 bridgehead atoms. The fourth-order valence-electron chi connectivity index (χ4n) is 2.54. The van der Waals surface area contributed by atoms with Gasteiger partial charge in [0.2, 0.25) is 5.95 Å². The van der Waals surface area contributed by atoms with Gasteiger partial charge in [-0.1, -0.05) is 18.2 Å². The topological polar surface area (TPSA) is 84.9 Å². The summed E-state index contributed by atoms with van der Waals surface area (Å²) in [6.07, 6.45) is 3.38. The molecule has 8 nitrogen and oxygen atoms in total. The van der Waals surface area contributed by atoms with Gasteiger partial charge < -0.3 is 19.3 Å². The van der Waals surface area contributed by atoms with Crippen molar-refractivity contribution in [2.75, 3.05) is 44.3 Å². The van der Waals surface area contributed by atoms with E-state index in [4.69, 9.17) is 9.47 Å². The zero-order chi connectivity index (χ0) is 18.2. The normalized spacial score (nSPS) is 14.0. The molecule has 0 unspecified atom stereocenters. The summed E-state index contributed by atoms with van der Waals surface area (Å²) < 4.78 is 10.3. The Morgan fingerprint density at radius 1 is 0.923 bits per heavy atom. The van der Waals surface area contributed by atoms with Crippen LogP contribution in [0.3, 0.4) is 0 Å². The Kier molecular flexibility index (Phi) is 5.97. The summed E-state index contributed by atoms with van der Waals surface area (Å²) in [7, 11) is 0. The second-order valence-corrected chi connectivity index (χ2v) is 5.68. The van der Waals surface area contributed by atoms with Gasteiger partial charge in [0.05, 0.1) is 0 Å². The molecule has 1 aromatic heterocycles. The number of benzene rings is 1. The largest absolute Gasteiger partial charge is 0.482 e. The lowest BCUT2D eigenvalue weighted by molar-refractivity contribution is -0.153. The van der Waals surface area contributed by atoms with Crippen molar-refractivity contribution in [3.8, 4) is 5.75 Å². The number of carbonyl (C=O) groups excluding carboxylic acids is 2. The Hall–Kier alpha value is -3.16. The molecule has 0 radical (unpaired) electrons. The number of nitrogens with zero attached hydrogens (tertiary/aromatic N) is 4. The fourth-order valence-corrected chi connectivity index (χ4v) is 2.54. The van der Waals surface area contributed by atoms with Crippen molar-refractivity contribution < 1.29 is 19.1 Å². The van der Waals surface area contributed by atoms with Crippen molar-refractivity contribution in [3.05, 3.63) is 48.8 Å². The zero-order valence-electron chi connectivity index (χ0n) is 14.3. The first kappa shape index (κ1) is 17.7. The van der Waals surface area contributed by atoms with Gasteiger partial charge in [0.1, 0.15) is 5.75 Å². The van der Waals surface area contributed by atoms with Crippen LogP contribution in [0.15, 0.2) is 48.8 Å². The van der Waals surface area contributed by atoms with Crippen molar-refractivity contribution >= 4 is 17.8 Å². The number of hydrogen-bond donors (Lipinski definition) is 0. The van der Waals surface area contributed by atoms with E-state index in [2.05, 4.69) is 9.97 Å². The van der Waals surface area contributed by atoms with Crippen LogP contribution in [0.25, 0.3) is 0 Å². The van der Waals surface area contributed by atoms with Crippen LogP contribution >= 0.6 is 0 Å². The van der Waals surface area contributed by atoms with Gasteiger partial charge in [-0.15, -0.1) is 0 Å². The standard InChI is InChI=1S/C18H20N4O4/c23-16(13-26-17(24)14-25-15-5-2-1-3-6-15)21-9-11-22(12-10-21)18-19-7-4-8-20-18/h1-8H,9-14H2. The molecule has 0 aliphatic carbocycles. The third-order valence-electron chi connectivity index (χ3n) is 3.92. The van der Waals surface area contributed by atoms with Gasteiger partial charge in [-0.25, -0.2) is 14.8 Å². The summed E-state index contributed by atoms with van der Waals surface area (Å²) in [5.74, 6) is 0.448. The van der Waals surface area contributed by atoms with E-state index in [9.17, 15) is 9.59 Å². The first-order chi connectivity index (χ1) is 12.7. The minimum Gasteiger partial charge on any atom is -0.482 e. The zero-order valence-corrected chi connectivity index (χ0v) is 14.3. The van der Waals surface area contributed by atoms with Gasteiger partial charge in [0.25, 0.3) is 5.91 Å². The Bertz CT molecular complexity index is 718. The van der Waals surface area contributed by atoms with Crippen LogP contribution < -0.4 is 9.64 Å². The number of piperazine rings is 1. The first-order valence-corrected chi connectivity index (χ1v) is 8.35. The molecule has 1 amide bonds. The highest BCUT2D eigenvalue weighted by Crippen LogP contribution is 2.10. The predicted molar refractivity (Wildman–Crippen MR) is 93.7 cm³/mol. The molecule has 2 aromatic rings. The third kappa shape index (κ3) is 4.92. The van der Waals surface area contributed by atoms with E-state index in [1.165, 1.54) is 0 Å². The van der Waals surface area contributed by atoms with Gasteiger partial charge in [0, 0.05) is 38.6 Å². The molecule has 0 spiro atoms. The van der Waals surface area contributed by atoms with Crippen molar-refractivity contribution in [2.45, 2.75) is 0 Å². The van der Waals surface area contributed by atoms with Crippen molar-refractivity contribution in [1.82, 2.24) is 14.9 Å². The summed E-state index contributed by atoms with van der Waals surface area (Å²) in [4.78, 5) is 36.0. The number of rotatable bonds is 6. The molecule has 3 rings (SSSR count). The smallest absolute Gasteiger partial charge is 0.344 e. The van der Waals surface area contributed by atoms with Gasteiger partial charge >= 0.3 is 5.97 Å². The Morgan fingerprint density at radius 3 is 2.31 bits per heavy atom. The fraction of sp³-hybridized carbons (Fsp3) is 0.333. The number of aromatic nitrogens is 2. The molecule has 1 fully saturated rings. The Labute approximate surface area is 151 Å². The summed E-state index contributed by atoms with van der Waals surface area (Å²) in [6.45, 7) is 1.85. The molecular weight excluding hydrogens is 336 g/mol. The first-order valence-electron chi connectivity index (χ1n) is 8.35. The lowest BCUT2D eigenvalue weighted by atomic mass is 10.3. The number of esters is 1. The van der Waals surface area contributed by atoms with Crippen molar-refractivity contribution in [3.63, 3.8) is 0 Å². The Balaban J connectivity index is 1.37. The number of amides is 1. The lowest BCUT2D eigenvalue weighted by Gasteiger charge is -2.34. The summed E-state index contributed by atoms with van der Waals surface area (Å²) in [5, 5.41) is 0. The highest BCUT2D eigenvalue weighted by molar-refractivity contribution is 5.81. The molecule has 1 aromatic carbocycles. The van der Waals surface area contributed by atoms with E-state index < -0.39 is 5.97 Å². The van der Waals surface area contributed by atoms with E-state index in [0.717, 1.165) is 0 Å². The molecule has 1 saturated heterocycles. The summed E-state index contributed by atoms with van der Waals surface area (Å²) in [5.41, 5.74) is 0. The molecule has 8 heteroatoms. The predicted octanol–water partition coefficient (Wildman–Crippen LogP) is 0.747. The number of anilines is 1. The van der Waals surface area contributed by atoms with E-state index in [1.54, 1.807) is 35.5 Å². The molecule has 136 valence electrons. The quantitative estimate of drug-likeness (QED) is 0.706. The second-order valence-electron chi connectivity index (χ2n) is 5.68. The second kappa shape index (κ2) is 8.80. The molecule has 2 heterocycles. The van der Waals surface area contributed by atoms with Crippen LogP contribution in [-0.2, 0) is 14.3 Å². The Morgan fingerprint density at radius 2 is 1.62 bits per heavy atom. The highest BCUT2D eigenvalue weighted by atomic mass is 16.6. The molecular formula is C18H20N4O4. The van der Waals surface area contributed by atoms with Crippen LogP contribution in [0.1, 0.15) is 0 Å². The molecule has 1 aliphatic rings. The van der Waals surface area contributed by atoms with Crippen LogP contribution in [0.5, 0.6) is 5.75 Å². The average Bonchev–Trinajstić information content (AvgIpc) is 2.72. The number of ether oxygens (including phenoxy) is 2. The van der Waals surface area contributed by atoms with Crippen LogP contribution in [0.2, 0.25) is 0 Å². The van der Waals surface area contributed by atoms with E-state index >= 15 is 0 Å². The molecule has 0 N–H and O–H groups in total. The summed E-state index contributed by atoms with van der Waals surface area (Å²) in [6, 6.07) is 10.7. The molecule has 0 atom stereocenters. The van der Waals surface area contributed by atoms with E-state index in [-0.39, 0.29) is 19.1 Å². The van der Waals surface area contributed by atoms with Crippen LogP contribution in [-0.4, -0.2) is 66.1 Å². The SMILES string of the molecule is O=C(COc1ccccc1)OCC(=O)N1CCN(c2ncccn2)CC1. The van der Waals surface area contributed by atoms with Crippen LogP contribution in [0.4, 0.5) is 5.95 Å². The van der Waals surface area contributed by atoms with Gasteiger partial charge in [-0.3, -0.25) is 4.79 Å². The van der Waals surface area contributed by atoms with E-state index in [0.29, 0.717) is 37.9 Å². The van der Waals surface area contributed by atoms with Crippen LogP contribution in [0, 0.1) is 0 Å². The minimum atomic E-state index is -0.571. The number of hydrogen-bond acceptors (Lipinski definition) is 7. The van der Waals surface area contributed by atoms with Gasteiger partial charge in [-0.05, 0) is 18.2 Å². The molecule has 1 aliphatic heterocycles. The maximum Gasteiger partial charge on any atom is 0.344 e. The minimum absolute atomic E-state index is 0.216. The number of carbonyl (C=O) groups is 2. The lowest BCUT2D eigenvalue weighted by Crippen LogP contribution is -2.50. The monoisotopic (exact) mass is 356 g/mol. The van der Waals surface area contributed by atoms with Gasteiger partial charge in [0.15, 0.2) is 13.2 Å². The van der Waals surface area contributed by atoms with Crippen molar-refractivity contribution in [1.29, 1.82) is 0 Å². The summed E-state index contributed by atoms with van der Waals surface area (Å²) >= 11 is 0. The molecule has 0 saturated carbocycles. The third-order valence-corrected chi connectivity index (χ3v) is 3.92. The maximum absolute atomic E-state index is 12.2. The molecule has 26 heavy (non-hydrogen) atoms.